The molecule has 0 fully saturated rings. The first kappa shape index (κ1) is 21.3. The van der Waals surface area contributed by atoms with E-state index in [1.165, 1.54) is 31.4 Å². The monoisotopic (exact) mass is 449 g/mol. The van der Waals surface area contributed by atoms with Crippen molar-refractivity contribution in [2.45, 2.75) is 11.8 Å². The van der Waals surface area contributed by atoms with Gasteiger partial charge in [-0.3, -0.25) is 0 Å². The molecule has 3 aromatic rings. The average Bonchev–Trinajstić information content (AvgIpc) is 3.15. The standard InChI is InChI=1S/C24H19NO6S/c1-16-8-11-19(12-9-16)32(27,28)31-21-13-10-17(15-22(21)29-2)14-20-24(26)30-23(25-20)18-6-4-3-5-7-18/h3-15H,1-2H3. The van der Waals surface area contributed by atoms with Crippen LogP contribution in [0.3, 0.4) is 0 Å². The molecule has 0 saturated heterocycles. The van der Waals surface area contributed by atoms with Crippen LogP contribution in [-0.2, 0) is 19.6 Å². The topological polar surface area (TPSA) is 91.3 Å². The molecule has 0 aliphatic carbocycles. The molecule has 0 atom stereocenters. The molecule has 1 aliphatic heterocycles. The Morgan fingerprint density at radius 2 is 1.66 bits per heavy atom. The first-order chi connectivity index (χ1) is 15.4. The first-order valence-corrected chi connectivity index (χ1v) is 11.0. The Kier molecular flexibility index (Phi) is 5.79. The molecule has 0 N–H and O–H groups in total. The summed E-state index contributed by atoms with van der Waals surface area (Å²) in [4.78, 5) is 16.5. The molecule has 0 saturated carbocycles. The van der Waals surface area contributed by atoms with Crippen LogP contribution in [0.1, 0.15) is 16.7 Å². The number of nitrogens with zero attached hydrogens (tertiary/aromatic N) is 1. The van der Waals surface area contributed by atoms with Gasteiger partial charge in [0.05, 0.1) is 7.11 Å². The number of aryl methyl sites for hydroxylation is 1. The summed E-state index contributed by atoms with van der Waals surface area (Å²) < 4.78 is 41.0. The summed E-state index contributed by atoms with van der Waals surface area (Å²) in [6.45, 7) is 1.86. The van der Waals surface area contributed by atoms with E-state index in [0.29, 0.717) is 11.1 Å². The van der Waals surface area contributed by atoms with E-state index in [-0.39, 0.29) is 28.0 Å². The van der Waals surface area contributed by atoms with E-state index in [2.05, 4.69) is 4.99 Å². The van der Waals surface area contributed by atoms with Crippen molar-refractivity contribution in [2.24, 2.45) is 4.99 Å². The molecule has 7 nitrogen and oxygen atoms in total. The van der Waals surface area contributed by atoms with E-state index < -0.39 is 16.1 Å². The fourth-order valence-electron chi connectivity index (χ4n) is 2.99. The third-order valence-corrected chi connectivity index (χ3v) is 5.89. The predicted octanol–water partition coefficient (Wildman–Crippen LogP) is 4.12. The average molecular weight is 449 g/mol. The molecule has 0 radical (unpaired) electrons. The lowest BCUT2D eigenvalue weighted by molar-refractivity contribution is -0.129. The normalized spacial score (nSPS) is 14.8. The van der Waals surface area contributed by atoms with E-state index in [1.54, 1.807) is 36.4 Å². The third-order valence-electron chi connectivity index (χ3n) is 4.64. The van der Waals surface area contributed by atoms with Crippen LogP contribution >= 0.6 is 0 Å². The predicted molar refractivity (Wildman–Crippen MR) is 119 cm³/mol. The Morgan fingerprint density at radius 1 is 0.938 bits per heavy atom. The number of hydrogen-bond donors (Lipinski definition) is 0. The molecule has 4 rings (SSSR count). The number of carbonyl (C=O) groups is 1. The number of carbonyl (C=O) groups excluding carboxylic acids is 1. The maximum atomic E-state index is 12.6. The molecule has 32 heavy (non-hydrogen) atoms. The van der Waals surface area contributed by atoms with Gasteiger partial charge in [0.25, 0.3) is 0 Å². The van der Waals surface area contributed by atoms with Gasteiger partial charge in [0.15, 0.2) is 17.2 Å². The van der Waals surface area contributed by atoms with Crippen LogP contribution in [0.15, 0.2) is 88.4 Å². The van der Waals surface area contributed by atoms with Crippen molar-refractivity contribution < 1.29 is 26.9 Å². The van der Waals surface area contributed by atoms with Crippen molar-refractivity contribution in [3.8, 4) is 11.5 Å². The Morgan fingerprint density at radius 3 is 2.34 bits per heavy atom. The smallest absolute Gasteiger partial charge is 0.363 e. The minimum atomic E-state index is -4.04. The number of esters is 1. The second-order valence-electron chi connectivity index (χ2n) is 6.96. The summed E-state index contributed by atoms with van der Waals surface area (Å²) in [7, 11) is -2.64. The number of ether oxygens (including phenoxy) is 2. The van der Waals surface area contributed by atoms with E-state index in [0.717, 1.165) is 5.56 Å². The van der Waals surface area contributed by atoms with Crippen LogP contribution in [0, 0.1) is 6.92 Å². The quantitative estimate of drug-likeness (QED) is 0.319. The Labute approximate surface area is 185 Å². The van der Waals surface area contributed by atoms with Crippen molar-refractivity contribution in [1.29, 1.82) is 0 Å². The van der Waals surface area contributed by atoms with Gasteiger partial charge in [0, 0.05) is 5.56 Å². The maximum Gasteiger partial charge on any atom is 0.363 e. The molecule has 1 aliphatic rings. The molecule has 0 amide bonds. The van der Waals surface area contributed by atoms with E-state index >= 15 is 0 Å². The van der Waals surface area contributed by atoms with Crippen LogP contribution in [0.25, 0.3) is 6.08 Å². The molecule has 0 aromatic heterocycles. The van der Waals surface area contributed by atoms with Crippen molar-refractivity contribution in [3.63, 3.8) is 0 Å². The summed E-state index contributed by atoms with van der Waals surface area (Å²) >= 11 is 0. The van der Waals surface area contributed by atoms with Gasteiger partial charge in [0.2, 0.25) is 5.90 Å². The highest BCUT2D eigenvalue weighted by molar-refractivity contribution is 7.87. The minimum absolute atomic E-state index is 0.0256. The second-order valence-corrected chi connectivity index (χ2v) is 8.51. The molecule has 1 heterocycles. The fraction of sp³-hybridized carbons (Fsp3) is 0.0833. The van der Waals surface area contributed by atoms with Crippen molar-refractivity contribution >= 4 is 28.1 Å². The highest BCUT2D eigenvalue weighted by Crippen LogP contribution is 2.32. The van der Waals surface area contributed by atoms with Gasteiger partial charge >= 0.3 is 16.1 Å². The summed E-state index contributed by atoms with van der Waals surface area (Å²) in [5.74, 6) is -0.144. The van der Waals surface area contributed by atoms with E-state index in [4.69, 9.17) is 13.7 Å². The number of methoxy groups -OCH3 is 1. The zero-order valence-corrected chi connectivity index (χ0v) is 18.1. The molecule has 0 bridgehead atoms. The fourth-order valence-corrected chi connectivity index (χ4v) is 3.92. The number of aliphatic imine (C=N–C) groups is 1. The lowest BCUT2D eigenvalue weighted by atomic mass is 10.1. The molecule has 8 heteroatoms. The highest BCUT2D eigenvalue weighted by Gasteiger charge is 2.24. The highest BCUT2D eigenvalue weighted by atomic mass is 32.2. The summed E-state index contributed by atoms with van der Waals surface area (Å²) in [6, 6.07) is 20.0. The van der Waals surface area contributed by atoms with Crippen molar-refractivity contribution in [2.75, 3.05) is 7.11 Å². The first-order valence-electron chi connectivity index (χ1n) is 9.63. The molecule has 162 valence electrons. The summed E-state index contributed by atoms with van der Waals surface area (Å²) in [6.07, 6.45) is 1.53. The lowest BCUT2D eigenvalue weighted by Crippen LogP contribution is -2.10. The maximum absolute atomic E-state index is 12.6. The number of benzene rings is 3. The van der Waals surface area contributed by atoms with E-state index in [9.17, 15) is 13.2 Å². The zero-order valence-electron chi connectivity index (χ0n) is 17.3. The third kappa shape index (κ3) is 4.55. The Hall–Kier alpha value is -3.91. The second kappa shape index (κ2) is 8.68. The summed E-state index contributed by atoms with van der Waals surface area (Å²) in [5, 5.41) is 0. The lowest BCUT2D eigenvalue weighted by Gasteiger charge is -2.11. The van der Waals surface area contributed by atoms with Crippen LogP contribution in [0.4, 0.5) is 0 Å². The Bertz CT molecular complexity index is 1330. The van der Waals surface area contributed by atoms with Gasteiger partial charge in [0.1, 0.15) is 4.90 Å². The Balaban J connectivity index is 1.61. The van der Waals surface area contributed by atoms with Crippen LogP contribution in [0.2, 0.25) is 0 Å². The molecular formula is C24H19NO6S. The van der Waals surface area contributed by atoms with Gasteiger partial charge in [-0.15, -0.1) is 0 Å². The SMILES string of the molecule is COc1cc(C=C2N=C(c3ccccc3)OC2=O)ccc1OS(=O)(=O)c1ccc(C)cc1. The van der Waals surface area contributed by atoms with Gasteiger partial charge in [-0.2, -0.15) is 8.42 Å². The van der Waals surface area contributed by atoms with Crippen molar-refractivity contribution in [3.05, 3.63) is 95.2 Å². The van der Waals surface area contributed by atoms with Gasteiger partial charge in [-0.05, 0) is 55.0 Å². The molecular weight excluding hydrogens is 430 g/mol. The van der Waals surface area contributed by atoms with Gasteiger partial charge in [-0.1, -0.05) is 42.0 Å². The molecule has 3 aromatic carbocycles. The largest absolute Gasteiger partial charge is 0.493 e. The summed E-state index contributed by atoms with van der Waals surface area (Å²) in [5.41, 5.74) is 2.30. The van der Waals surface area contributed by atoms with E-state index in [1.807, 2.05) is 25.1 Å². The van der Waals surface area contributed by atoms with Crippen LogP contribution < -0.4 is 8.92 Å². The zero-order chi connectivity index (χ0) is 22.7. The molecule has 0 spiro atoms. The number of rotatable bonds is 6. The van der Waals surface area contributed by atoms with Gasteiger partial charge in [-0.25, -0.2) is 9.79 Å². The minimum Gasteiger partial charge on any atom is -0.493 e. The number of hydrogen-bond acceptors (Lipinski definition) is 7. The van der Waals surface area contributed by atoms with Gasteiger partial charge < -0.3 is 13.7 Å². The molecule has 0 unspecified atom stereocenters. The number of cyclic esters (lactones) is 1. The van der Waals surface area contributed by atoms with Crippen LogP contribution in [-0.4, -0.2) is 27.4 Å². The van der Waals surface area contributed by atoms with Crippen molar-refractivity contribution in [1.82, 2.24) is 0 Å². The van der Waals surface area contributed by atoms with Crippen LogP contribution in [0.5, 0.6) is 11.5 Å².